The van der Waals surface area contributed by atoms with Crippen molar-refractivity contribution in [1.29, 1.82) is 0 Å². The lowest BCUT2D eigenvalue weighted by Gasteiger charge is -2.05. The number of hydrogen-bond donors (Lipinski definition) is 3. The van der Waals surface area contributed by atoms with Crippen molar-refractivity contribution in [3.63, 3.8) is 0 Å². The lowest BCUT2D eigenvalue weighted by Crippen LogP contribution is -2.23. The molecule has 3 N–H and O–H groups in total. The molecule has 0 atom stereocenters. The van der Waals surface area contributed by atoms with E-state index in [2.05, 4.69) is 20.6 Å². The lowest BCUT2D eigenvalue weighted by molar-refractivity contribution is -0.114. The largest absolute Gasteiger partial charge is 0.345 e. The fourth-order valence-electron chi connectivity index (χ4n) is 2.26. The monoisotopic (exact) mass is 308 g/mol. The van der Waals surface area contributed by atoms with Crippen LogP contribution in [0.3, 0.4) is 0 Å². The second kappa shape index (κ2) is 6.31. The zero-order valence-corrected chi connectivity index (χ0v) is 12.6. The number of nitrogens with zero attached hydrogens (tertiary/aromatic N) is 1. The Morgan fingerprint density at radius 3 is 2.52 bits per heavy atom. The molecule has 1 heterocycles. The van der Waals surface area contributed by atoms with Crippen LogP contribution in [-0.2, 0) is 11.3 Å². The summed E-state index contributed by atoms with van der Waals surface area (Å²) in [6.07, 6.45) is 0. The van der Waals surface area contributed by atoms with E-state index >= 15 is 0 Å². The quantitative estimate of drug-likeness (QED) is 0.692. The Balaban J connectivity index is 1.63. The molecule has 0 saturated heterocycles. The van der Waals surface area contributed by atoms with Gasteiger partial charge in [0.1, 0.15) is 5.82 Å². The van der Waals surface area contributed by atoms with E-state index in [1.54, 1.807) is 24.3 Å². The minimum absolute atomic E-state index is 0.146. The molecule has 23 heavy (non-hydrogen) atoms. The smallest absolute Gasteiger partial charge is 0.251 e. The fraction of sp³-hybridized carbons (Fsp3) is 0.118. The van der Waals surface area contributed by atoms with Crippen molar-refractivity contribution in [2.75, 3.05) is 5.32 Å². The van der Waals surface area contributed by atoms with E-state index in [0.717, 1.165) is 11.0 Å². The first-order valence-electron chi connectivity index (χ1n) is 7.21. The van der Waals surface area contributed by atoms with Crippen molar-refractivity contribution in [3.8, 4) is 0 Å². The predicted octanol–water partition coefficient (Wildman–Crippen LogP) is 2.45. The minimum atomic E-state index is -0.195. The second-order valence-corrected chi connectivity index (χ2v) is 5.14. The summed E-state index contributed by atoms with van der Waals surface area (Å²) in [7, 11) is 0. The maximum Gasteiger partial charge on any atom is 0.251 e. The molecule has 6 nitrogen and oxygen atoms in total. The first kappa shape index (κ1) is 14.8. The summed E-state index contributed by atoms with van der Waals surface area (Å²) in [6, 6.07) is 14.4. The van der Waals surface area contributed by atoms with Gasteiger partial charge in [-0.05, 0) is 36.4 Å². The predicted molar refractivity (Wildman–Crippen MR) is 88.0 cm³/mol. The van der Waals surface area contributed by atoms with Crippen molar-refractivity contribution >= 4 is 28.5 Å². The molecule has 0 aliphatic heterocycles. The zero-order chi connectivity index (χ0) is 16.2. The summed E-state index contributed by atoms with van der Waals surface area (Å²) in [4.78, 5) is 30.7. The number of fused-ring (bicyclic) bond motifs is 1. The maximum absolute atomic E-state index is 12.1. The van der Waals surface area contributed by atoms with Crippen LogP contribution < -0.4 is 10.6 Å². The third-order valence-electron chi connectivity index (χ3n) is 3.32. The number of nitrogens with one attached hydrogen (secondary N) is 3. The second-order valence-electron chi connectivity index (χ2n) is 5.14. The van der Waals surface area contributed by atoms with Crippen LogP contribution in [0.4, 0.5) is 5.69 Å². The Morgan fingerprint density at radius 2 is 1.83 bits per heavy atom. The summed E-state index contributed by atoms with van der Waals surface area (Å²) >= 11 is 0. The highest BCUT2D eigenvalue weighted by molar-refractivity contribution is 5.95. The van der Waals surface area contributed by atoms with Gasteiger partial charge in [0.15, 0.2) is 0 Å². The summed E-state index contributed by atoms with van der Waals surface area (Å²) in [6.45, 7) is 1.76. The highest BCUT2D eigenvalue weighted by atomic mass is 16.2. The average molecular weight is 308 g/mol. The van der Waals surface area contributed by atoms with Gasteiger partial charge < -0.3 is 15.6 Å². The van der Waals surface area contributed by atoms with E-state index in [4.69, 9.17) is 0 Å². The number of imidazole rings is 1. The molecule has 2 amide bonds. The minimum Gasteiger partial charge on any atom is -0.345 e. The number of aromatic nitrogens is 2. The average Bonchev–Trinajstić information content (AvgIpc) is 2.95. The molecule has 0 unspecified atom stereocenters. The van der Waals surface area contributed by atoms with E-state index in [9.17, 15) is 9.59 Å². The summed E-state index contributed by atoms with van der Waals surface area (Å²) in [5.41, 5.74) is 2.99. The van der Waals surface area contributed by atoms with Gasteiger partial charge >= 0.3 is 0 Å². The summed E-state index contributed by atoms with van der Waals surface area (Å²) in [5.74, 6) is 0.362. The number of carbonyl (C=O) groups excluding carboxylic acids is 2. The van der Waals surface area contributed by atoms with E-state index in [1.807, 2.05) is 24.3 Å². The number of anilines is 1. The van der Waals surface area contributed by atoms with Gasteiger partial charge in [0.05, 0.1) is 17.6 Å². The van der Waals surface area contributed by atoms with Crippen molar-refractivity contribution in [1.82, 2.24) is 15.3 Å². The molecule has 0 radical (unpaired) electrons. The Bertz CT molecular complexity index is 819. The topological polar surface area (TPSA) is 86.9 Å². The molecule has 3 aromatic rings. The summed E-state index contributed by atoms with van der Waals surface area (Å²) < 4.78 is 0. The van der Waals surface area contributed by atoms with Crippen LogP contribution in [0.25, 0.3) is 11.0 Å². The van der Waals surface area contributed by atoms with Crippen LogP contribution in [0.1, 0.15) is 23.1 Å². The normalized spacial score (nSPS) is 10.5. The standard InChI is InChI=1S/C17H16N4O2/c1-11(22)19-13-8-6-12(7-9-13)17(23)18-10-16-20-14-4-2-3-5-15(14)21-16/h2-9H,10H2,1H3,(H,18,23)(H,19,22)(H,20,21). The molecule has 3 rings (SSSR count). The Kier molecular flexibility index (Phi) is 4.05. The number of amides is 2. The Labute approximate surface area is 132 Å². The van der Waals surface area contributed by atoms with Crippen LogP contribution in [0, 0.1) is 0 Å². The van der Waals surface area contributed by atoms with Crippen LogP contribution in [-0.4, -0.2) is 21.8 Å². The zero-order valence-electron chi connectivity index (χ0n) is 12.6. The van der Waals surface area contributed by atoms with Crippen molar-refractivity contribution in [2.24, 2.45) is 0 Å². The van der Waals surface area contributed by atoms with Gasteiger partial charge in [0.25, 0.3) is 5.91 Å². The van der Waals surface area contributed by atoms with Crippen LogP contribution in [0.15, 0.2) is 48.5 Å². The molecule has 0 bridgehead atoms. The molecule has 2 aromatic carbocycles. The van der Waals surface area contributed by atoms with E-state index in [0.29, 0.717) is 23.6 Å². The molecule has 116 valence electrons. The summed E-state index contributed by atoms with van der Waals surface area (Å²) in [5, 5.41) is 5.47. The van der Waals surface area contributed by atoms with Gasteiger partial charge in [-0.3, -0.25) is 9.59 Å². The SMILES string of the molecule is CC(=O)Nc1ccc(C(=O)NCc2nc3ccccc3[nH]2)cc1. The van der Waals surface area contributed by atoms with Gasteiger partial charge in [0, 0.05) is 18.2 Å². The fourth-order valence-corrected chi connectivity index (χ4v) is 2.26. The number of carbonyl (C=O) groups is 2. The molecule has 0 aliphatic rings. The van der Waals surface area contributed by atoms with Gasteiger partial charge in [0.2, 0.25) is 5.91 Å². The molecule has 0 spiro atoms. The molecule has 1 aromatic heterocycles. The molecule has 0 saturated carbocycles. The highest BCUT2D eigenvalue weighted by Crippen LogP contribution is 2.11. The van der Waals surface area contributed by atoms with Crippen molar-refractivity contribution in [2.45, 2.75) is 13.5 Å². The van der Waals surface area contributed by atoms with E-state index < -0.39 is 0 Å². The van der Waals surface area contributed by atoms with Gasteiger partial charge in [-0.2, -0.15) is 0 Å². The molecule has 6 heteroatoms. The number of hydrogen-bond acceptors (Lipinski definition) is 3. The third kappa shape index (κ3) is 3.55. The van der Waals surface area contributed by atoms with E-state index in [-0.39, 0.29) is 11.8 Å². The highest BCUT2D eigenvalue weighted by Gasteiger charge is 2.07. The van der Waals surface area contributed by atoms with Crippen LogP contribution >= 0.6 is 0 Å². The molecule has 0 aliphatic carbocycles. The Hall–Kier alpha value is -3.15. The number of para-hydroxylation sites is 2. The van der Waals surface area contributed by atoms with Gasteiger partial charge in [-0.15, -0.1) is 0 Å². The first-order valence-corrected chi connectivity index (χ1v) is 7.21. The first-order chi connectivity index (χ1) is 11.1. The number of H-pyrrole nitrogens is 1. The number of rotatable bonds is 4. The Morgan fingerprint density at radius 1 is 1.09 bits per heavy atom. The maximum atomic E-state index is 12.1. The number of benzene rings is 2. The van der Waals surface area contributed by atoms with Crippen LogP contribution in [0.2, 0.25) is 0 Å². The van der Waals surface area contributed by atoms with Gasteiger partial charge in [-0.25, -0.2) is 4.98 Å². The molecule has 0 fully saturated rings. The van der Waals surface area contributed by atoms with E-state index in [1.165, 1.54) is 6.92 Å². The van der Waals surface area contributed by atoms with Gasteiger partial charge in [-0.1, -0.05) is 12.1 Å². The molecular formula is C17H16N4O2. The van der Waals surface area contributed by atoms with Crippen LogP contribution in [0.5, 0.6) is 0 Å². The third-order valence-corrected chi connectivity index (χ3v) is 3.32. The van der Waals surface area contributed by atoms with Crippen molar-refractivity contribution in [3.05, 3.63) is 59.9 Å². The molecular weight excluding hydrogens is 292 g/mol. The number of aromatic amines is 1. The lowest BCUT2D eigenvalue weighted by atomic mass is 10.2. The van der Waals surface area contributed by atoms with Crippen molar-refractivity contribution < 1.29 is 9.59 Å².